The first-order valence-corrected chi connectivity index (χ1v) is 7.07. The Morgan fingerprint density at radius 2 is 2.10 bits per heavy atom. The maximum absolute atomic E-state index is 11.3. The predicted molar refractivity (Wildman–Crippen MR) is 82.6 cm³/mol. The normalized spacial score (nSPS) is 10.8. The van der Waals surface area contributed by atoms with Gasteiger partial charge in [-0.2, -0.15) is 0 Å². The largest absolute Gasteiger partial charge is 0.395 e. The van der Waals surface area contributed by atoms with Gasteiger partial charge in [-0.3, -0.25) is 10.1 Å². The highest BCUT2D eigenvalue weighted by molar-refractivity contribution is 5.96. The van der Waals surface area contributed by atoms with E-state index in [0.29, 0.717) is 18.8 Å². The molecule has 0 aliphatic carbocycles. The third kappa shape index (κ3) is 3.28. The van der Waals surface area contributed by atoms with Crippen molar-refractivity contribution >= 4 is 22.3 Å². The maximum atomic E-state index is 11.3. The molecule has 0 amide bonds. The van der Waals surface area contributed by atoms with E-state index < -0.39 is 4.92 Å². The van der Waals surface area contributed by atoms with Crippen LogP contribution in [-0.2, 0) is 0 Å². The molecular weight excluding hydrogens is 270 g/mol. The molecule has 1 aromatic heterocycles. The monoisotopic (exact) mass is 289 g/mol. The minimum absolute atomic E-state index is 0.0155. The fourth-order valence-electron chi connectivity index (χ4n) is 2.39. The lowest BCUT2D eigenvalue weighted by Gasteiger charge is -2.24. The molecule has 0 aliphatic heterocycles. The number of aliphatic hydroxyl groups is 1. The van der Waals surface area contributed by atoms with Crippen LogP contribution in [0, 0.1) is 10.1 Å². The van der Waals surface area contributed by atoms with E-state index in [9.17, 15) is 15.2 Å². The number of para-hydroxylation sites is 1. The average molecular weight is 289 g/mol. The van der Waals surface area contributed by atoms with Crippen molar-refractivity contribution < 1.29 is 10.0 Å². The van der Waals surface area contributed by atoms with Gasteiger partial charge >= 0.3 is 5.69 Å². The van der Waals surface area contributed by atoms with Crippen LogP contribution in [0.5, 0.6) is 0 Å². The minimum atomic E-state index is -0.412. The molecule has 1 heterocycles. The zero-order valence-electron chi connectivity index (χ0n) is 12.0. The van der Waals surface area contributed by atoms with E-state index in [1.807, 2.05) is 29.2 Å². The highest BCUT2D eigenvalue weighted by Gasteiger charge is 2.22. The van der Waals surface area contributed by atoms with Gasteiger partial charge in [0.25, 0.3) is 0 Å². The Hall–Kier alpha value is -2.21. The summed E-state index contributed by atoms with van der Waals surface area (Å²) in [4.78, 5) is 16.9. The fourth-order valence-corrected chi connectivity index (χ4v) is 2.39. The van der Waals surface area contributed by atoms with Gasteiger partial charge in [-0.05, 0) is 12.5 Å². The van der Waals surface area contributed by atoms with E-state index in [1.165, 1.54) is 6.20 Å². The first-order chi connectivity index (χ1) is 10.2. The Labute approximate surface area is 123 Å². The summed E-state index contributed by atoms with van der Waals surface area (Å²) in [7, 11) is 0. The lowest BCUT2D eigenvalue weighted by molar-refractivity contribution is -0.384. The molecule has 112 valence electrons. The van der Waals surface area contributed by atoms with E-state index in [4.69, 9.17) is 0 Å². The second-order valence-corrected chi connectivity index (χ2v) is 4.83. The molecule has 0 bridgehead atoms. The molecule has 0 aliphatic rings. The molecule has 0 atom stereocenters. The maximum Gasteiger partial charge on any atom is 0.311 e. The van der Waals surface area contributed by atoms with Crippen molar-refractivity contribution in [2.24, 2.45) is 0 Å². The molecular formula is C15H19N3O3. The zero-order valence-corrected chi connectivity index (χ0v) is 12.0. The Balaban J connectivity index is 2.60. The third-order valence-corrected chi connectivity index (χ3v) is 3.39. The summed E-state index contributed by atoms with van der Waals surface area (Å²) in [6, 6.07) is 7.36. The van der Waals surface area contributed by atoms with Crippen LogP contribution in [0.4, 0.5) is 11.4 Å². The summed E-state index contributed by atoms with van der Waals surface area (Å²) in [5, 5.41) is 21.3. The van der Waals surface area contributed by atoms with E-state index in [2.05, 4.69) is 11.9 Å². The van der Waals surface area contributed by atoms with Crippen LogP contribution in [0.2, 0.25) is 0 Å². The molecule has 6 nitrogen and oxygen atoms in total. The smallest absolute Gasteiger partial charge is 0.311 e. The van der Waals surface area contributed by atoms with Gasteiger partial charge in [0.1, 0.15) is 11.9 Å². The molecule has 1 N–H and O–H groups in total. The lowest BCUT2D eigenvalue weighted by Crippen LogP contribution is -2.28. The molecule has 2 aromatic rings. The van der Waals surface area contributed by atoms with Crippen LogP contribution in [0.1, 0.15) is 19.8 Å². The molecule has 0 spiro atoms. The van der Waals surface area contributed by atoms with Crippen molar-refractivity contribution in [1.82, 2.24) is 4.98 Å². The Morgan fingerprint density at radius 3 is 2.76 bits per heavy atom. The van der Waals surface area contributed by atoms with Crippen molar-refractivity contribution in [2.75, 3.05) is 24.6 Å². The first kappa shape index (κ1) is 15.2. The second kappa shape index (κ2) is 6.99. The van der Waals surface area contributed by atoms with E-state index >= 15 is 0 Å². The molecule has 21 heavy (non-hydrogen) atoms. The molecule has 0 radical (unpaired) electrons. The molecule has 2 rings (SSSR count). The number of fused-ring (bicyclic) bond motifs is 1. The number of aromatic nitrogens is 1. The highest BCUT2D eigenvalue weighted by Crippen LogP contribution is 2.34. The fraction of sp³-hybridized carbons (Fsp3) is 0.400. The molecule has 6 heteroatoms. The topological polar surface area (TPSA) is 79.5 Å². The summed E-state index contributed by atoms with van der Waals surface area (Å²) >= 11 is 0. The third-order valence-electron chi connectivity index (χ3n) is 3.39. The SMILES string of the molecule is CCCCN(CCO)c1c([N+](=O)[O-])cnc2ccccc12. The standard InChI is InChI=1S/C15H19N3O3/c1-2-3-8-17(9-10-19)15-12-6-4-5-7-13(12)16-11-14(15)18(20)21/h4-7,11,19H,2-3,8-10H2,1H3. The van der Waals surface area contributed by atoms with Crippen LogP contribution in [0.15, 0.2) is 30.5 Å². The molecule has 0 unspecified atom stereocenters. The zero-order chi connectivity index (χ0) is 15.2. The Morgan fingerprint density at radius 1 is 1.33 bits per heavy atom. The predicted octanol–water partition coefficient (Wildman–Crippen LogP) is 2.74. The van der Waals surface area contributed by atoms with E-state index in [-0.39, 0.29) is 12.3 Å². The number of nitrogens with zero attached hydrogens (tertiary/aromatic N) is 3. The van der Waals surface area contributed by atoms with Gasteiger partial charge in [0, 0.05) is 18.5 Å². The van der Waals surface area contributed by atoms with Gasteiger partial charge in [0.2, 0.25) is 0 Å². The number of pyridine rings is 1. The van der Waals surface area contributed by atoms with Crippen molar-refractivity contribution in [1.29, 1.82) is 0 Å². The summed E-state index contributed by atoms with van der Waals surface area (Å²) in [5.74, 6) is 0. The van der Waals surface area contributed by atoms with Gasteiger partial charge in [-0.25, -0.2) is 4.98 Å². The molecule has 0 fully saturated rings. The van der Waals surface area contributed by atoms with Gasteiger partial charge in [0.05, 0.1) is 17.0 Å². The first-order valence-electron chi connectivity index (χ1n) is 7.07. The van der Waals surface area contributed by atoms with Crippen LogP contribution < -0.4 is 4.90 Å². The number of nitro groups is 1. The quantitative estimate of drug-likeness (QED) is 0.626. The van der Waals surface area contributed by atoms with Crippen LogP contribution >= 0.6 is 0 Å². The van der Waals surface area contributed by atoms with Crippen molar-refractivity contribution in [3.63, 3.8) is 0 Å². The summed E-state index contributed by atoms with van der Waals surface area (Å²) in [6.45, 7) is 3.06. The lowest BCUT2D eigenvalue weighted by atomic mass is 10.1. The Kier molecular flexibility index (Phi) is 5.05. The van der Waals surface area contributed by atoms with Crippen LogP contribution in [0.3, 0.4) is 0 Å². The van der Waals surface area contributed by atoms with Gasteiger partial charge in [-0.15, -0.1) is 0 Å². The number of hydrogen-bond acceptors (Lipinski definition) is 5. The number of rotatable bonds is 7. The highest BCUT2D eigenvalue weighted by atomic mass is 16.6. The molecule has 1 aromatic carbocycles. The van der Waals surface area contributed by atoms with Gasteiger partial charge in [-0.1, -0.05) is 31.5 Å². The molecule has 0 saturated heterocycles. The van der Waals surface area contributed by atoms with Gasteiger partial charge < -0.3 is 10.0 Å². The van der Waals surface area contributed by atoms with E-state index in [1.54, 1.807) is 0 Å². The summed E-state index contributed by atoms with van der Waals surface area (Å²) in [5.41, 5.74) is 1.25. The minimum Gasteiger partial charge on any atom is -0.395 e. The number of unbranched alkanes of at least 4 members (excludes halogenated alkanes) is 1. The van der Waals surface area contributed by atoms with Crippen molar-refractivity contribution in [3.05, 3.63) is 40.6 Å². The number of aliphatic hydroxyl groups excluding tert-OH is 1. The van der Waals surface area contributed by atoms with Crippen molar-refractivity contribution in [3.8, 4) is 0 Å². The number of hydrogen-bond donors (Lipinski definition) is 1. The summed E-state index contributed by atoms with van der Waals surface area (Å²) < 4.78 is 0. The van der Waals surface area contributed by atoms with E-state index in [0.717, 1.165) is 23.7 Å². The summed E-state index contributed by atoms with van der Waals surface area (Å²) in [6.07, 6.45) is 3.19. The average Bonchev–Trinajstić information content (AvgIpc) is 2.50. The Bertz CT molecular complexity index is 631. The molecule has 0 saturated carbocycles. The van der Waals surface area contributed by atoms with Crippen LogP contribution in [0.25, 0.3) is 10.9 Å². The van der Waals surface area contributed by atoms with Gasteiger partial charge in [0.15, 0.2) is 0 Å². The second-order valence-electron chi connectivity index (χ2n) is 4.83. The number of anilines is 1. The number of benzene rings is 1. The van der Waals surface area contributed by atoms with Crippen LogP contribution in [-0.4, -0.2) is 34.7 Å². The van der Waals surface area contributed by atoms with Crippen molar-refractivity contribution in [2.45, 2.75) is 19.8 Å².